The first-order valence-electron chi connectivity index (χ1n) is 11.2. The standard InChI is InChI=1S/C20H42N6O3S/c1-18(2)29-14-15-30(27,28)26-12-10-25(11-13-26)20(21-4)22-16-19(3)17-24-8-6-23(5)7-9-24/h18-19H,6-17H2,1-5H3,(H,21,22). The Morgan fingerprint density at radius 2 is 1.67 bits per heavy atom. The average Bonchev–Trinajstić information content (AvgIpc) is 2.70. The molecule has 2 heterocycles. The Morgan fingerprint density at radius 1 is 1.03 bits per heavy atom. The summed E-state index contributed by atoms with van der Waals surface area (Å²) in [6.07, 6.45) is 0.0464. The van der Waals surface area contributed by atoms with E-state index in [1.54, 1.807) is 11.4 Å². The SMILES string of the molecule is CN=C(NCC(C)CN1CCN(C)CC1)N1CCN(S(=O)(=O)CCOC(C)C)CC1. The van der Waals surface area contributed by atoms with E-state index in [-0.39, 0.29) is 18.5 Å². The second-order valence-corrected chi connectivity index (χ2v) is 10.8. The smallest absolute Gasteiger partial charge is 0.216 e. The number of hydrogen-bond acceptors (Lipinski definition) is 6. The van der Waals surface area contributed by atoms with Crippen molar-refractivity contribution in [1.82, 2.24) is 24.3 Å². The molecule has 2 rings (SSSR count). The third-order valence-electron chi connectivity index (χ3n) is 5.71. The van der Waals surface area contributed by atoms with E-state index in [0.717, 1.165) is 45.2 Å². The van der Waals surface area contributed by atoms with Crippen LogP contribution < -0.4 is 5.32 Å². The van der Waals surface area contributed by atoms with E-state index in [4.69, 9.17) is 4.74 Å². The molecule has 0 amide bonds. The van der Waals surface area contributed by atoms with Crippen LogP contribution in [0.2, 0.25) is 0 Å². The Hall–Kier alpha value is -0.940. The van der Waals surface area contributed by atoms with Crippen LogP contribution in [0.3, 0.4) is 0 Å². The van der Waals surface area contributed by atoms with Crippen LogP contribution in [0.5, 0.6) is 0 Å². The highest BCUT2D eigenvalue weighted by Crippen LogP contribution is 2.10. The molecule has 1 atom stereocenters. The third kappa shape index (κ3) is 8.30. The van der Waals surface area contributed by atoms with Gasteiger partial charge in [0.1, 0.15) is 0 Å². The van der Waals surface area contributed by atoms with Crippen LogP contribution in [0.4, 0.5) is 0 Å². The Morgan fingerprint density at radius 3 is 2.23 bits per heavy atom. The molecule has 1 unspecified atom stereocenters. The zero-order valence-corrected chi connectivity index (χ0v) is 20.3. The number of guanidine groups is 1. The molecule has 1 N–H and O–H groups in total. The number of nitrogens with zero attached hydrogens (tertiary/aromatic N) is 5. The minimum absolute atomic E-state index is 0.0436. The van der Waals surface area contributed by atoms with Crippen LogP contribution in [0, 0.1) is 5.92 Å². The van der Waals surface area contributed by atoms with Crippen molar-refractivity contribution in [1.29, 1.82) is 0 Å². The number of likely N-dealkylation sites (N-methyl/N-ethyl adjacent to an activating group) is 1. The van der Waals surface area contributed by atoms with Crippen LogP contribution in [0.1, 0.15) is 20.8 Å². The summed E-state index contributed by atoms with van der Waals surface area (Å²) in [6, 6.07) is 0. The Bertz CT molecular complexity index is 626. The third-order valence-corrected chi connectivity index (χ3v) is 7.54. The molecule has 2 fully saturated rings. The van der Waals surface area contributed by atoms with Crippen LogP contribution >= 0.6 is 0 Å². The minimum Gasteiger partial charge on any atom is -0.378 e. The van der Waals surface area contributed by atoms with Gasteiger partial charge < -0.3 is 24.8 Å². The first-order valence-corrected chi connectivity index (χ1v) is 12.8. The van der Waals surface area contributed by atoms with E-state index in [2.05, 4.69) is 39.0 Å². The van der Waals surface area contributed by atoms with Crippen molar-refractivity contribution in [2.24, 2.45) is 10.9 Å². The number of sulfonamides is 1. The van der Waals surface area contributed by atoms with E-state index in [9.17, 15) is 8.42 Å². The zero-order valence-electron chi connectivity index (χ0n) is 19.5. The van der Waals surface area contributed by atoms with Gasteiger partial charge in [-0.05, 0) is 26.8 Å². The van der Waals surface area contributed by atoms with Crippen molar-refractivity contribution in [3.8, 4) is 0 Å². The van der Waals surface area contributed by atoms with Gasteiger partial charge in [0.05, 0.1) is 18.5 Å². The summed E-state index contributed by atoms with van der Waals surface area (Å²) in [4.78, 5) is 11.5. The molecule has 9 nitrogen and oxygen atoms in total. The summed E-state index contributed by atoms with van der Waals surface area (Å²) in [7, 11) is 0.700. The van der Waals surface area contributed by atoms with Crippen molar-refractivity contribution >= 4 is 16.0 Å². The molecular formula is C20H42N6O3S. The molecule has 176 valence electrons. The maximum Gasteiger partial charge on any atom is 0.216 e. The quantitative estimate of drug-likeness (QED) is 0.389. The van der Waals surface area contributed by atoms with Gasteiger partial charge >= 0.3 is 0 Å². The number of ether oxygens (including phenoxy) is 1. The van der Waals surface area contributed by atoms with Gasteiger partial charge in [0.2, 0.25) is 10.0 Å². The monoisotopic (exact) mass is 446 g/mol. The van der Waals surface area contributed by atoms with Crippen molar-refractivity contribution < 1.29 is 13.2 Å². The van der Waals surface area contributed by atoms with E-state index < -0.39 is 10.0 Å². The lowest BCUT2D eigenvalue weighted by Gasteiger charge is -2.36. The second kappa shape index (κ2) is 12.2. The van der Waals surface area contributed by atoms with Crippen LogP contribution in [-0.4, -0.2) is 131 Å². The predicted molar refractivity (Wildman–Crippen MR) is 122 cm³/mol. The molecule has 30 heavy (non-hydrogen) atoms. The molecule has 2 aliphatic heterocycles. The lowest BCUT2D eigenvalue weighted by Crippen LogP contribution is -2.55. The lowest BCUT2D eigenvalue weighted by molar-refractivity contribution is 0.0904. The van der Waals surface area contributed by atoms with Gasteiger partial charge in [-0.15, -0.1) is 0 Å². The van der Waals surface area contributed by atoms with Gasteiger partial charge in [-0.25, -0.2) is 8.42 Å². The maximum absolute atomic E-state index is 12.5. The van der Waals surface area contributed by atoms with Crippen LogP contribution in [-0.2, 0) is 14.8 Å². The molecule has 0 aliphatic carbocycles. The Balaban J connectivity index is 1.72. The number of hydrogen-bond donors (Lipinski definition) is 1. The van der Waals surface area contributed by atoms with E-state index in [1.165, 1.54) is 0 Å². The highest BCUT2D eigenvalue weighted by Gasteiger charge is 2.28. The number of piperazine rings is 2. The summed E-state index contributed by atoms with van der Waals surface area (Å²) < 4.78 is 32.0. The fraction of sp³-hybridized carbons (Fsp3) is 0.950. The molecule has 0 radical (unpaired) electrons. The second-order valence-electron chi connectivity index (χ2n) is 8.76. The van der Waals surface area contributed by atoms with Gasteiger partial charge in [0.15, 0.2) is 5.96 Å². The topological polar surface area (TPSA) is 80.7 Å². The number of rotatable bonds is 9. The van der Waals surface area contributed by atoms with E-state index in [0.29, 0.717) is 32.1 Å². The maximum atomic E-state index is 12.5. The molecule has 0 aromatic carbocycles. The highest BCUT2D eigenvalue weighted by atomic mass is 32.2. The average molecular weight is 447 g/mol. The molecule has 0 saturated carbocycles. The van der Waals surface area contributed by atoms with Crippen molar-refractivity contribution in [3.63, 3.8) is 0 Å². The molecule has 0 bridgehead atoms. The predicted octanol–water partition coefficient (Wildman–Crippen LogP) is -0.182. The fourth-order valence-corrected chi connectivity index (χ4v) is 5.11. The number of aliphatic imine (C=N–C) groups is 1. The molecule has 2 aliphatic rings. The van der Waals surface area contributed by atoms with E-state index >= 15 is 0 Å². The molecule has 0 spiro atoms. The molecular weight excluding hydrogens is 404 g/mol. The first kappa shape index (κ1) is 25.3. The van der Waals surface area contributed by atoms with Gasteiger partial charge in [-0.1, -0.05) is 6.92 Å². The lowest BCUT2D eigenvalue weighted by atomic mass is 10.1. The Labute approximate surface area is 183 Å². The van der Waals surface area contributed by atoms with Gasteiger partial charge in [-0.2, -0.15) is 4.31 Å². The molecule has 0 aromatic heterocycles. The van der Waals surface area contributed by atoms with Crippen LogP contribution in [0.15, 0.2) is 4.99 Å². The largest absolute Gasteiger partial charge is 0.378 e. The van der Waals surface area contributed by atoms with Crippen molar-refractivity contribution in [3.05, 3.63) is 0 Å². The summed E-state index contributed by atoms with van der Waals surface area (Å²) in [5.74, 6) is 1.43. The fourth-order valence-electron chi connectivity index (χ4n) is 3.83. The number of nitrogens with one attached hydrogen (secondary N) is 1. The van der Waals surface area contributed by atoms with Crippen molar-refractivity contribution in [2.75, 3.05) is 91.9 Å². The normalized spacial score (nSPS) is 21.9. The zero-order chi connectivity index (χ0) is 22.1. The van der Waals surface area contributed by atoms with Gasteiger partial charge in [0, 0.05) is 72.5 Å². The van der Waals surface area contributed by atoms with Gasteiger partial charge in [0.25, 0.3) is 0 Å². The van der Waals surface area contributed by atoms with Crippen LogP contribution in [0.25, 0.3) is 0 Å². The summed E-state index contributed by atoms with van der Waals surface area (Å²) in [5, 5.41) is 3.49. The molecule has 10 heteroatoms. The Kier molecular flexibility index (Phi) is 10.3. The van der Waals surface area contributed by atoms with Gasteiger partial charge in [-0.3, -0.25) is 4.99 Å². The summed E-state index contributed by atoms with van der Waals surface area (Å²) >= 11 is 0. The first-order chi connectivity index (χ1) is 14.2. The minimum atomic E-state index is -3.27. The summed E-state index contributed by atoms with van der Waals surface area (Å²) in [6.45, 7) is 15.1. The highest BCUT2D eigenvalue weighted by molar-refractivity contribution is 7.89. The molecule has 2 saturated heterocycles. The summed E-state index contributed by atoms with van der Waals surface area (Å²) in [5.41, 5.74) is 0. The van der Waals surface area contributed by atoms with Crippen molar-refractivity contribution in [2.45, 2.75) is 26.9 Å². The molecule has 0 aromatic rings. The van der Waals surface area contributed by atoms with E-state index in [1.807, 2.05) is 13.8 Å².